The summed E-state index contributed by atoms with van der Waals surface area (Å²) >= 11 is 7.04. The lowest BCUT2D eigenvalue weighted by atomic mass is 10.3. The Morgan fingerprint density at radius 2 is 2.32 bits per heavy atom. The summed E-state index contributed by atoms with van der Waals surface area (Å²) in [5.74, 6) is 0. The third kappa shape index (κ3) is 2.12. The van der Waals surface area contributed by atoms with E-state index >= 15 is 0 Å². The van der Waals surface area contributed by atoms with Crippen LogP contribution in [-0.2, 0) is 26.4 Å². The van der Waals surface area contributed by atoms with Crippen molar-refractivity contribution in [3.05, 3.63) is 27.0 Å². The van der Waals surface area contributed by atoms with Crippen molar-refractivity contribution < 1.29 is 0 Å². The lowest BCUT2D eigenvalue weighted by Gasteiger charge is -2.03. The number of aromatic amines is 1. The number of fused-ring (bicyclic) bond motifs is 1. The van der Waals surface area contributed by atoms with Crippen molar-refractivity contribution in [3.8, 4) is 0 Å². The molecule has 0 atom stereocenters. The molecule has 0 unspecified atom stereocenters. The molecule has 0 radical (unpaired) electrons. The van der Waals surface area contributed by atoms with Crippen LogP contribution in [-0.4, -0.2) is 24.3 Å². The van der Waals surface area contributed by atoms with Gasteiger partial charge in [0.2, 0.25) is 0 Å². The summed E-state index contributed by atoms with van der Waals surface area (Å²) in [7, 11) is 1.96. The normalized spacial score (nSPS) is 11.5. The Hall–Kier alpha value is -1.47. The van der Waals surface area contributed by atoms with Crippen LogP contribution in [0.25, 0.3) is 11.2 Å². The number of thiazole rings is 1. The summed E-state index contributed by atoms with van der Waals surface area (Å²) in [5, 5.41) is 6.60. The zero-order valence-electron chi connectivity index (χ0n) is 10.9. The fraction of sp³-hybridized carbons (Fsp3) is 0.417. The summed E-state index contributed by atoms with van der Waals surface area (Å²) in [4.78, 5) is 7.58. The minimum Gasteiger partial charge on any atom is -0.328 e. The van der Waals surface area contributed by atoms with E-state index in [9.17, 15) is 0 Å². The maximum Gasteiger partial charge on any atom is 0.179 e. The molecule has 3 aromatic rings. The average molecular weight is 293 g/mol. The van der Waals surface area contributed by atoms with E-state index in [0.717, 1.165) is 46.7 Å². The predicted octanol–water partition coefficient (Wildman–Crippen LogP) is 2.69. The Morgan fingerprint density at radius 3 is 3.00 bits per heavy atom. The molecule has 0 aliphatic rings. The third-order valence-corrected chi connectivity index (χ3v) is 4.19. The number of nitrogens with zero attached hydrogens (tertiary/aromatic N) is 4. The highest BCUT2D eigenvalue weighted by molar-refractivity contribution is 7.71. The molecule has 0 aromatic carbocycles. The number of H-pyrrole nitrogens is 1. The number of hydrogen-bond donors (Lipinski definition) is 1. The molecule has 0 aliphatic heterocycles. The zero-order valence-corrected chi connectivity index (χ0v) is 12.5. The van der Waals surface area contributed by atoms with Gasteiger partial charge >= 0.3 is 0 Å². The lowest BCUT2D eigenvalue weighted by molar-refractivity contribution is 0.657. The molecule has 1 N–H and O–H groups in total. The highest BCUT2D eigenvalue weighted by Crippen LogP contribution is 2.18. The molecule has 100 valence electrons. The average Bonchev–Trinajstić information content (AvgIpc) is 3.06. The van der Waals surface area contributed by atoms with Crippen LogP contribution in [0.3, 0.4) is 0 Å². The number of aryl methyl sites for hydroxylation is 4. The van der Waals surface area contributed by atoms with Gasteiger partial charge in [-0.2, -0.15) is 5.10 Å². The number of aromatic nitrogens is 5. The van der Waals surface area contributed by atoms with E-state index in [2.05, 4.69) is 31.9 Å². The quantitative estimate of drug-likeness (QED) is 0.752. The van der Waals surface area contributed by atoms with Gasteiger partial charge in [0.15, 0.2) is 10.4 Å². The fourth-order valence-corrected chi connectivity index (χ4v) is 3.19. The molecule has 0 bridgehead atoms. The molecule has 3 heterocycles. The molecule has 0 aliphatic carbocycles. The van der Waals surface area contributed by atoms with E-state index in [-0.39, 0.29) is 0 Å². The Labute approximate surface area is 119 Å². The lowest BCUT2D eigenvalue weighted by Crippen LogP contribution is -2.05. The first-order chi connectivity index (χ1) is 9.20. The van der Waals surface area contributed by atoms with Crippen molar-refractivity contribution in [1.29, 1.82) is 0 Å². The molecule has 3 aromatic heterocycles. The van der Waals surface area contributed by atoms with Crippen LogP contribution >= 0.6 is 23.6 Å². The van der Waals surface area contributed by atoms with E-state index in [1.807, 2.05) is 17.2 Å². The Morgan fingerprint density at radius 1 is 1.47 bits per heavy atom. The molecular formula is C12H15N5S2. The standard InChI is InChI=1S/C12H15N5S2/c1-3-9-10-11(16(2)15-9)17(12(18)14-10)5-4-8-6-19-7-13-8/h6-7H,3-5H2,1-2H3,(H,14,18). The fourth-order valence-electron chi connectivity index (χ4n) is 2.32. The van der Waals surface area contributed by atoms with Gasteiger partial charge in [0.25, 0.3) is 0 Å². The van der Waals surface area contributed by atoms with Crippen molar-refractivity contribution in [2.75, 3.05) is 0 Å². The van der Waals surface area contributed by atoms with Crippen molar-refractivity contribution in [2.45, 2.75) is 26.3 Å². The number of hydrogen-bond acceptors (Lipinski definition) is 4. The van der Waals surface area contributed by atoms with Gasteiger partial charge in [0.05, 0.1) is 16.9 Å². The summed E-state index contributed by atoms with van der Waals surface area (Å²) in [5.41, 5.74) is 6.17. The van der Waals surface area contributed by atoms with Crippen LogP contribution in [0.15, 0.2) is 10.9 Å². The minimum absolute atomic E-state index is 0.757. The van der Waals surface area contributed by atoms with Crippen LogP contribution < -0.4 is 0 Å². The van der Waals surface area contributed by atoms with E-state index in [1.165, 1.54) is 0 Å². The first-order valence-electron chi connectivity index (χ1n) is 6.22. The van der Waals surface area contributed by atoms with E-state index in [4.69, 9.17) is 12.2 Å². The van der Waals surface area contributed by atoms with Gasteiger partial charge in [-0.05, 0) is 18.6 Å². The first kappa shape index (κ1) is 12.6. The second-order valence-electron chi connectivity index (χ2n) is 4.43. The van der Waals surface area contributed by atoms with E-state index in [1.54, 1.807) is 11.3 Å². The van der Waals surface area contributed by atoms with Gasteiger partial charge in [-0.25, -0.2) is 4.98 Å². The second kappa shape index (κ2) is 4.90. The van der Waals surface area contributed by atoms with Crippen molar-refractivity contribution in [2.24, 2.45) is 7.05 Å². The molecule has 0 saturated carbocycles. The summed E-state index contributed by atoms with van der Waals surface area (Å²) in [6.45, 7) is 2.93. The Balaban J connectivity index is 2.00. The molecule has 3 rings (SSSR count). The van der Waals surface area contributed by atoms with Crippen LogP contribution in [0.4, 0.5) is 0 Å². The van der Waals surface area contributed by atoms with Gasteiger partial charge in [-0.3, -0.25) is 4.68 Å². The van der Waals surface area contributed by atoms with Crippen LogP contribution in [0, 0.1) is 4.77 Å². The summed E-state index contributed by atoms with van der Waals surface area (Å²) in [6, 6.07) is 0. The van der Waals surface area contributed by atoms with Crippen LogP contribution in [0.2, 0.25) is 0 Å². The number of nitrogens with one attached hydrogen (secondary N) is 1. The molecule has 0 amide bonds. The smallest absolute Gasteiger partial charge is 0.179 e. The Bertz CT molecular complexity index is 747. The molecule has 19 heavy (non-hydrogen) atoms. The van der Waals surface area contributed by atoms with Crippen molar-refractivity contribution in [3.63, 3.8) is 0 Å². The van der Waals surface area contributed by atoms with E-state index < -0.39 is 0 Å². The molecular weight excluding hydrogens is 278 g/mol. The maximum absolute atomic E-state index is 5.42. The maximum atomic E-state index is 5.42. The van der Waals surface area contributed by atoms with Gasteiger partial charge in [0, 0.05) is 25.4 Å². The minimum atomic E-state index is 0.757. The monoisotopic (exact) mass is 293 g/mol. The predicted molar refractivity (Wildman–Crippen MR) is 79.1 cm³/mol. The zero-order chi connectivity index (χ0) is 13.4. The van der Waals surface area contributed by atoms with Gasteiger partial charge in [-0.15, -0.1) is 11.3 Å². The molecule has 0 saturated heterocycles. The van der Waals surface area contributed by atoms with Gasteiger partial charge in [0.1, 0.15) is 5.52 Å². The first-order valence-corrected chi connectivity index (χ1v) is 7.57. The Kier molecular flexibility index (Phi) is 3.24. The van der Waals surface area contributed by atoms with Crippen LogP contribution in [0.1, 0.15) is 18.3 Å². The highest BCUT2D eigenvalue weighted by Gasteiger charge is 2.14. The van der Waals surface area contributed by atoms with Crippen LogP contribution in [0.5, 0.6) is 0 Å². The SMILES string of the molecule is CCc1nn(C)c2c1[nH]c(=S)n2CCc1cscn1. The van der Waals surface area contributed by atoms with Crippen molar-refractivity contribution >= 4 is 34.7 Å². The number of rotatable bonds is 4. The third-order valence-electron chi connectivity index (χ3n) is 3.23. The largest absolute Gasteiger partial charge is 0.328 e. The summed E-state index contributed by atoms with van der Waals surface area (Å²) < 4.78 is 4.77. The molecule has 7 heteroatoms. The molecule has 0 spiro atoms. The van der Waals surface area contributed by atoms with E-state index in [0.29, 0.717) is 0 Å². The van der Waals surface area contributed by atoms with Crippen molar-refractivity contribution in [1.82, 2.24) is 24.3 Å². The second-order valence-corrected chi connectivity index (χ2v) is 5.54. The number of imidazole rings is 1. The summed E-state index contributed by atoms with van der Waals surface area (Å²) in [6.07, 6.45) is 1.79. The van der Waals surface area contributed by atoms with Gasteiger partial charge in [-0.1, -0.05) is 6.92 Å². The highest BCUT2D eigenvalue weighted by atomic mass is 32.1. The van der Waals surface area contributed by atoms with Gasteiger partial charge < -0.3 is 9.55 Å². The molecule has 0 fully saturated rings. The topological polar surface area (TPSA) is 51.4 Å². The molecule has 5 nitrogen and oxygen atoms in total.